The number of nitrogens with zero attached hydrogens (tertiary/aromatic N) is 1. The highest BCUT2D eigenvalue weighted by Gasteiger charge is 2.29. The molecule has 1 N–H and O–H groups in total. The van der Waals surface area contributed by atoms with Gasteiger partial charge in [-0.3, -0.25) is 4.90 Å². The third-order valence-electron chi connectivity index (χ3n) is 3.41. The van der Waals surface area contributed by atoms with Crippen LogP contribution >= 0.6 is 0 Å². The summed E-state index contributed by atoms with van der Waals surface area (Å²) in [5.41, 5.74) is 1.34. The highest BCUT2D eigenvalue weighted by Crippen LogP contribution is 2.25. The van der Waals surface area contributed by atoms with Crippen LogP contribution in [0.3, 0.4) is 0 Å². The number of likely N-dealkylation sites (tertiary alicyclic amines) is 1. The van der Waals surface area contributed by atoms with Crippen LogP contribution in [0.25, 0.3) is 0 Å². The van der Waals surface area contributed by atoms with E-state index in [4.69, 9.17) is 0 Å². The molecule has 0 unspecified atom stereocenters. The topological polar surface area (TPSA) is 23.5 Å². The first-order valence-corrected chi connectivity index (χ1v) is 5.70. The molecular formula is C13H19NO. The second kappa shape index (κ2) is 4.77. The monoisotopic (exact) mass is 205 g/mol. The number of benzene rings is 1. The van der Waals surface area contributed by atoms with Gasteiger partial charge in [-0.1, -0.05) is 37.3 Å². The van der Waals surface area contributed by atoms with Gasteiger partial charge < -0.3 is 5.11 Å². The van der Waals surface area contributed by atoms with Gasteiger partial charge in [-0.05, 0) is 24.4 Å². The zero-order valence-electron chi connectivity index (χ0n) is 9.26. The van der Waals surface area contributed by atoms with E-state index < -0.39 is 0 Å². The van der Waals surface area contributed by atoms with Crippen LogP contribution in [0.2, 0.25) is 0 Å². The summed E-state index contributed by atoms with van der Waals surface area (Å²) in [6.45, 7) is 4.59. The Morgan fingerprint density at radius 2 is 2.07 bits per heavy atom. The molecule has 0 aliphatic carbocycles. The number of aliphatic hydroxyl groups excluding tert-OH is 1. The number of aliphatic hydroxyl groups is 1. The van der Waals surface area contributed by atoms with E-state index >= 15 is 0 Å². The van der Waals surface area contributed by atoms with Gasteiger partial charge in [-0.15, -0.1) is 0 Å². The molecule has 1 aliphatic rings. The van der Waals surface area contributed by atoms with E-state index in [1.165, 1.54) is 12.0 Å². The van der Waals surface area contributed by atoms with Gasteiger partial charge in [0, 0.05) is 12.6 Å². The van der Waals surface area contributed by atoms with Gasteiger partial charge in [0.15, 0.2) is 0 Å². The van der Waals surface area contributed by atoms with Crippen LogP contribution in [0, 0.1) is 5.92 Å². The summed E-state index contributed by atoms with van der Waals surface area (Å²) in [7, 11) is 0. The second-order valence-electron chi connectivity index (χ2n) is 4.47. The van der Waals surface area contributed by atoms with Crippen molar-refractivity contribution >= 4 is 0 Å². The second-order valence-corrected chi connectivity index (χ2v) is 4.47. The van der Waals surface area contributed by atoms with Crippen molar-refractivity contribution in [3.8, 4) is 0 Å². The standard InChI is InChI=1S/C13H19NO/c1-11-7-8-14(13(11)10-15)9-12-5-3-2-4-6-12/h2-6,11,13,15H,7-10H2,1H3/t11-,13+/m0/s1. The molecule has 15 heavy (non-hydrogen) atoms. The minimum atomic E-state index is 0.286. The summed E-state index contributed by atoms with van der Waals surface area (Å²) in [6, 6.07) is 10.8. The molecule has 1 fully saturated rings. The van der Waals surface area contributed by atoms with E-state index in [9.17, 15) is 5.11 Å². The first kappa shape index (κ1) is 10.7. The smallest absolute Gasteiger partial charge is 0.0589 e. The van der Waals surface area contributed by atoms with Crippen molar-refractivity contribution in [2.24, 2.45) is 5.92 Å². The fourth-order valence-corrected chi connectivity index (χ4v) is 2.40. The molecule has 0 spiro atoms. The van der Waals surface area contributed by atoms with E-state index in [1.807, 2.05) is 6.07 Å². The highest BCUT2D eigenvalue weighted by atomic mass is 16.3. The van der Waals surface area contributed by atoms with Gasteiger partial charge in [0.1, 0.15) is 0 Å². The van der Waals surface area contributed by atoms with Crippen LogP contribution in [0.4, 0.5) is 0 Å². The van der Waals surface area contributed by atoms with Gasteiger partial charge in [-0.25, -0.2) is 0 Å². The van der Waals surface area contributed by atoms with Gasteiger partial charge in [-0.2, -0.15) is 0 Å². The average molecular weight is 205 g/mol. The maximum Gasteiger partial charge on any atom is 0.0589 e. The Morgan fingerprint density at radius 3 is 2.73 bits per heavy atom. The summed E-state index contributed by atoms with van der Waals surface area (Å²) in [5.74, 6) is 0.624. The largest absolute Gasteiger partial charge is 0.395 e. The molecule has 1 heterocycles. The van der Waals surface area contributed by atoms with Gasteiger partial charge >= 0.3 is 0 Å². The zero-order valence-corrected chi connectivity index (χ0v) is 9.26. The molecule has 2 heteroatoms. The lowest BCUT2D eigenvalue weighted by Crippen LogP contribution is -2.34. The number of hydrogen-bond donors (Lipinski definition) is 1. The normalized spacial score (nSPS) is 27.1. The Morgan fingerprint density at radius 1 is 1.33 bits per heavy atom. The van der Waals surface area contributed by atoms with Crippen LogP contribution < -0.4 is 0 Å². The SMILES string of the molecule is C[C@H]1CCN(Cc2ccccc2)[C@@H]1CO. The summed E-state index contributed by atoms with van der Waals surface area (Å²) in [6.07, 6.45) is 1.21. The van der Waals surface area contributed by atoms with E-state index in [2.05, 4.69) is 36.1 Å². The Kier molecular flexibility index (Phi) is 3.39. The third-order valence-corrected chi connectivity index (χ3v) is 3.41. The Hall–Kier alpha value is -0.860. The molecule has 1 saturated heterocycles. The van der Waals surface area contributed by atoms with Crippen LogP contribution in [-0.4, -0.2) is 29.2 Å². The Labute approximate surface area is 91.5 Å². The van der Waals surface area contributed by atoms with Crippen LogP contribution in [-0.2, 0) is 6.54 Å². The quantitative estimate of drug-likeness (QED) is 0.814. The van der Waals surface area contributed by atoms with E-state index in [0.717, 1.165) is 13.1 Å². The number of rotatable bonds is 3. The lowest BCUT2D eigenvalue weighted by Gasteiger charge is -2.24. The van der Waals surface area contributed by atoms with E-state index in [0.29, 0.717) is 12.0 Å². The van der Waals surface area contributed by atoms with Crippen molar-refractivity contribution < 1.29 is 5.11 Å². The summed E-state index contributed by atoms with van der Waals surface area (Å²) < 4.78 is 0. The van der Waals surface area contributed by atoms with Crippen molar-refractivity contribution in [3.05, 3.63) is 35.9 Å². The van der Waals surface area contributed by atoms with Gasteiger partial charge in [0.05, 0.1) is 6.61 Å². The molecule has 2 atom stereocenters. The highest BCUT2D eigenvalue weighted by molar-refractivity contribution is 5.14. The average Bonchev–Trinajstić information content (AvgIpc) is 2.61. The van der Waals surface area contributed by atoms with E-state index in [-0.39, 0.29) is 6.61 Å². The van der Waals surface area contributed by atoms with Crippen LogP contribution in [0.5, 0.6) is 0 Å². The fourth-order valence-electron chi connectivity index (χ4n) is 2.40. The Balaban J connectivity index is 2.00. The molecule has 82 valence electrons. The minimum Gasteiger partial charge on any atom is -0.395 e. The van der Waals surface area contributed by atoms with Crippen molar-refractivity contribution in [1.29, 1.82) is 0 Å². The molecule has 2 rings (SSSR count). The Bertz CT molecular complexity index is 299. The molecule has 1 aromatic rings. The predicted octanol–water partition coefficient (Wildman–Crippen LogP) is 1.89. The third kappa shape index (κ3) is 2.39. The lowest BCUT2D eigenvalue weighted by molar-refractivity contribution is 0.134. The summed E-state index contributed by atoms with van der Waals surface area (Å²) >= 11 is 0. The molecule has 0 saturated carbocycles. The summed E-state index contributed by atoms with van der Waals surface area (Å²) in [5, 5.41) is 9.34. The van der Waals surface area contributed by atoms with Gasteiger partial charge in [0.2, 0.25) is 0 Å². The molecule has 0 radical (unpaired) electrons. The fraction of sp³-hybridized carbons (Fsp3) is 0.538. The van der Waals surface area contributed by atoms with Crippen molar-refractivity contribution in [2.45, 2.75) is 25.9 Å². The van der Waals surface area contributed by atoms with Crippen molar-refractivity contribution in [3.63, 3.8) is 0 Å². The van der Waals surface area contributed by atoms with Gasteiger partial charge in [0.25, 0.3) is 0 Å². The molecule has 0 aromatic heterocycles. The maximum absolute atomic E-state index is 9.34. The lowest BCUT2D eigenvalue weighted by atomic mass is 10.0. The van der Waals surface area contributed by atoms with Crippen molar-refractivity contribution in [1.82, 2.24) is 4.90 Å². The van der Waals surface area contributed by atoms with Crippen LogP contribution in [0.1, 0.15) is 18.9 Å². The molecular weight excluding hydrogens is 186 g/mol. The van der Waals surface area contributed by atoms with Crippen molar-refractivity contribution in [2.75, 3.05) is 13.2 Å². The molecule has 1 aromatic carbocycles. The summed E-state index contributed by atoms with van der Waals surface area (Å²) in [4.78, 5) is 2.39. The minimum absolute atomic E-state index is 0.286. The first-order chi connectivity index (χ1) is 7.31. The maximum atomic E-state index is 9.34. The zero-order chi connectivity index (χ0) is 10.7. The molecule has 1 aliphatic heterocycles. The molecule has 0 amide bonds. The molecule has 2 nitrogen and oxygen atoms in total. The predicted molar refractivity (Wildman–Crippen MR) is 61.5 cm³/mol. The number of hydrogen-bond acceptors (Lipinski definition) is 2. The van der Waals surface area contributed by atoms with Crippen LogP contribution in [0.15, 0.2) is 30.3 Å². The molecule has 0 bridgehead atoms. The van der Waals surface area contributed by atoms with E-state index in [1.54, 1.807) is 0 Å². The first-order valence-electron chi connectivity index (χ1n) is 5.70.